The predicted octanol–water partition coefficient (Wildman–Crippen LogP) is 2.88. The average Bonchev–Trinajstić information content (AvgIpc) is 2.68. The molecule has 136 valence electrons. The van der Waals surface area contributed by atoms with E-state index < -0.39 is 0 Å². The van der Waals surface area contributed by atoms with Crippen molar-refractivity contribution < 1.29 is 9.63 Å². The number of rotatable bonds is 9. The van der Waals surface area contributed by atoms with Gasteiger partial charge in [0, 0.05) is 18.9 Å². The Kier molecular flexibility index (Phi) is 7.42. The van der Waals surface area contributed by atoms with Crippen molar-refractivity contribution >= 4 is 18.2 Å². The van der Waals surface area contributed by atoms with E-state index >= 15 is 0 Å². The fraction of sp³-hybridized carbons (Fsp3) is 0.150. The highest BCUT2D eigenvalue weighted by atomic mass is 16.6. The molecule has 2 rings (SSSR count). The molecular formula is C20H24N4O2. The minimum absolute atomic E-state index is 0.321. The molecule has 0 bridgehead atoms. The van der Waals surface area contributed by atoms with Gasteiger partial charge in [0.1, 0.15) is 6.10 Å². The third-order valence-electron chi connectivity index (χ3n) is 3.84. The highest BCUT2D eigenvalue weighted by Gasteiger charge is 2.13. The summed E-state index contributed by atoms with van der Waals surface area (Å²) in [6, 6.07) is 16.0. The Morgan fingerprint density at radius 1 is 1.04 bits per heavy atom. The van der Waals surface area contributed by atoms with Gasteiger partial charge in [0.2, 0.25) is 6.41 Å². The molecule has 0 aromatic heterocycles. The third kappa shape index (κ3) is 5.47. The van der Waals surface area contributed by atoms with Gasteiger partial charge in [-0.3, -0.25) is 15.1 Å². The van der Waals surface area contributed by atoms with E-state index in [1.165, 1.54) is 0 Å². The smallest absolute Gasteiger partial charge is 0.225 e. The van der Waals surface area contributed by atoms with E-state index in [4.69, 9.17) is 10.7 Å². The fourth-order valence-electron chi connectivity index (χ4n) is 2.51. The minimum atomic E-state index is -0.321. The van der Waals surface area contributed by atoms with Gasteiger partial charge < -0.3 is 10.7 Å². The maximum Gasteiger partial charge on any atom is 0.225 e. The fourth-order valence-corrected chi connectivity index (χ4v) is 2.51. The lowest BCUT2D eigenvalue weighted by Gasteiger charge is -2.16. The Morgan fingerprint density at radius 2 is 1.65 bits per heavy atom. The number of hydrogen-bond acceptors (Lipinski definition) is 5. The molecule has 0 radical (unpaired) electrons. The summed E-state index contributed by atoms with van der Waals surface area (Å²) in [5.41, 5.74) is 10.1. The predicted molar refractivity (Wildman–Crippen MR) is 105 cm³/mol. The van der Waals surface area contributed by atoms with Gasteiger partial charge in [-0.15, -0.1) is 0 Å². The van der Waals surface area contributed by atoms with Crippen LogP contribution in [0.4, 0.5) is 5.69 Å². The summed E-state index contributed by atoms with van der Waals surface area (Å²) in [6.07, 6.45) is 5.80. The van der Waals surface area contributed by atoms with Gasteiger partial charge in [-0.1, -0.05) is 42.5 Å². The van der Waals surface area contributed by atoms with Gasteiger partial charge in [-0.2, -0.15) is 0 Å². The van der Waals surface area contributed by atoms with E-state index in [9.17, 15) is 4.79 Å². The number of anilines is 1. The van der Waals surface area contributed by atoms with Crippen molar-refractivity contribution in [1.82, 2.24) is 10.9 Å². The van der Waals surface area contributed by atoms with Crippen molar-refractivity contribution in [2.24, 2.45) is 5.90 Å². The summed E-state index contributed by atoms with van der Waals surface area (Å²) < 4.78 is 0. The van der Waals surface area contributed by atoms with E-state index in [-0.39, 0.29) is 6.10 Å². The van der Waals surface area contributed by atoms with Gasteiger partial charge in [0.25, 0.3) is 0 Å². The quantitative estimate of drug-likeness (QED) is 0.241. The van der Waals surface area contributed by atoms with Crippen molar-refractivity contribution in [2.75, 3.05) is 12.4 Å². The largest absolute Gasteiger partial charge is 0.388 e. The van der Waals surface area contributed by atoms with Crippen LogP contribution in [0, 0.1) is 0 Å². The summed E-state index contributed by atoms with van der Waals surface area (Å²) in [5, 5.41) is 3.09. The monoisotopic (exact) mass is 352 g/mol. The summed E-state index contributed by atoms with van der Waals surface area (Å²) in [4.78, 5) is 15.3. The molecule has 2 aromatic rings. The van der Waals surface area contributed by atoms with Crippen LogP contribution in [0.1, 0.15) is 29.7 Å². The molecule has 5 N–H and O–H groups in total. The van der Waals surface area contributed by atoms with Crippen LogP contribution in [0.15, 0.2) is 66.4 Å². The third-order valence-corrected chi connectivity index (χ3v) is 3.84. The number of carbonyl (C=O) groups excluding carboxylic acids is 1. The first-order chi connectivity index (χ1) is 12.7. The van der Waals surface area contributed by atoms with Crippen LogP contribution in [0.5, 0.6) is 0 Å². The highest BCUT2D eigenvalue weighted by molar-refractivity contribution is 5.56. The van der Waals surface area contributed by atoms with Crippen molar-refractivity contribution in [1.29, 1.82) is 0 Å². The lowest BCUT2D eigenvalue weighted by atomic mass is 9.99. The minimum Gasteiger partial charge on any atom is -0.388 e. The van der Waals surface area contributed by atoms with Crippen LogP contribution in [0.2, 0.25) is 0 Å². The number of amides is 1. The van der Waals surface area contributed by atoms with Gasteiger partial charge in [0.05, 0.1) is 0 Å². The van der Waals surface area contributed by atoms with Crippen molar-refractivity contribution in [2.45, 2.75) is 13.0 Å². The highest BCUT2D eigenvalue weighted by Crippen LogP contribution is 2.26. The second kappa shape index (κ2) is 10.0. The normalized spacial score (nSPS) is 12.7. The summed E-state index contributed by atoms with van der Waals surface area (Å²) in [5.74, 6) is 5.53. The number of carbonyl (C=O) groups is 1. The standard InChI is InChI=1S/C20H24N4O2/c1-15(11-12-23-24-14-25)13-16-3-5-17(6-4-16)20(26-21)18-7-9-19(22-2)10-8-18/h3-14,20,22-23H,21H2,1-2H3,(H,24,25)/b12-11+,15-13+. The molecule has 0 spiro atoms. The van der Waals surface area contributed by atoms with Crippen LogP contribution in [0.3, 0.4) is 0 Å². The topological polar surface area (TPSA) is 88.4 Å². The number of allylic oxidation sites excluding steroid dienone is 2. The first-order valence-electron chi connectivity index (χ1n) is 8.20. The maximum absolute atomic E-state index is 10.1. The Hall–Kier alpha value is -3.09. The van der Waals surface area contributed by atoms with E-state index in [0.29, 0.717) is 6.41 Å². The molecule has 0 saturated heterocycles. The van der Waals surface area contributed by atoms with Crippen molar-refractivity contribution in [3.8, 4) is 0 Å². The first kappa shape index (κ1) is 19.2. The Bertz CT molecular complexity index is 752. The Morgan fingerprint density at radius 3 is 2.19 bits per heavy atom. The number of nitrogens with one attached hydrogen (secondary N) is 3. The van der Waals surface area contributed by atoms with Gasteiger partial charge in [-0.05, 0) is 47.4 Å². The lowest BCUT2D eigenvalue weighted by molar-refractivity contribution is -0.110. The van der Waals surface area contributed by atoms with E-state index in [1.807, 2.05) is 74.7 Å². The molecule has 0 saturated carbocycles. The van der Waals surface area contributed by atoms with E-state index in [0.717, 1.165) is 28.0 Å². The van der Waals surface area contributed by atoms with E-state index in [1.54, 1.807) is 6.20 Å². The second-order valence-corrected chi connectivity index (χ2v) is 5.68. The molecule has 1 amide bonds. The molecule has 0 aliphatic rings. The zero-order chi connectivity index (χ0) is 18.8. The SMILES string of the molecule is CNc1ccc(C(ON)c2ccc(/C=C(C)/C=C/NNC=O)cc2)cc1. The number of benzene rings is 2. The first-order valence-corrected chi connectivity index (χ1v) is 8.20. The molecule has 2 aromatic carbocycles. The Labute approximate surface area is 153 Å². The summed E-state index contributed by atoms with van der Waals surface area (Å²) in [6.45, 7) is 1.97. The van der Waals surface area contributed by atoms with E-state index in [2.05, 4.69) is 16.2 Å². The van der Waals surface area contributed by atoms with Gasteiger partial charge in [0.15, 0.2) is 0 Å². The lowest BCUT2D eigenvalue weighted by Crippen LogP contribution is -2.24. The second-order valence-electron chi connectivity index (χ2n) is 5.68. The number of nitrogens with two attached hydrogens (primary N) is 1. The van der Waals surface area contributed by atoms with Crippen LogP contribution < -0.4 is 22.1 Å². The number of hydrogen-bond donors (Lipinski definition) is 4. The molecule has 26 heavy (non-hydrogen) atoms. The molecule has 6 heteroatoms. The van der Waals surface area contributed by atoms with Crippen LogP contribution in [0.25, 0.3) is 6.08 Å². The molecular weight excluding hydrogens is 328 g/mol. The van der Waals surface area contributed by atoms with Crippen molar-refractivity contribution in [3.63, 3.8) is 0 Å². The maximum atomic E-state index is 10.1. The zero-order valence-electron chi connectivity index (χ0n) is 14.9. The zero-order valence-corrected chi connectivity index (χ0v) is 14.9. The molecule has 0 aliphatic carbocycles. The summed E-state index contributed by atoms with van der Waals surface area (Å²) >= 11 is 0. The molecule has 0 fully saturated rings. The molecule has 6 nitrogen and oxygen atoms in total. The summed E-state index contributed by atoms with van der Waals surface area (Å²) in [7, 11) is 1.88. The van der Waals surface area contributed by atoms with Gasteiger partial charge >= 0.3 is 0 Å². The van der Waals surface area contributed by atoms with Crippen LogP contribution in [-0.4, -0.2) is 13.5 Å². The molecule has 1 atom stereocenters. The average molecular weight is 352 g/mol. The van der Waals surface area contributed by atoms with Gasteiger partial charge in [-0.25, -0.2) is 5.90 Å². The van der Waals surface area contributed by atoms with Crippen LogP contribution >= 0.6 is 0 Å². The Balaban J connectivity index is 2.11. The molecule has 0 heterocycles. The van der Waals surface area contributed by atoms with Crippen LogP contribution in [-0.2, 0) is 9.63 Å². The molecule has 1 unspecified atom stereocenters. The molecule has 0 aliphatic heterocycles. The number of hydrazine groups is 1. The van der Waals surface area contributed by atoms with Crippen molar-refractivity contribution in [3.05, 3.63) is 83.1 Å².